The van der Waals surface area contributed by atoms with Crippen LogP contribution in [0.25, 0.3) is 21.1 Å². The van der Waals surface area contributed by atoms with Gasteiger partial charge in [0.1, 0.15) is 28.7 Å². The molecule has 136 valence electrons. The number of hydrogen-bond acceptors (Lipinski definition) is 7. The third-order valence-electron chi connectivity index (χ3n) is 4.25. The van der Waals surface area contributed by atoms with Crippen molar-refractivity contribution in [3.8, 4) is 21.1 Å². The van der Waals surface area contributed by atoms with Crippen LogP contribution in [0.1, 0.15) is 29.9 Å². The molecule has 0 bridgehead atoms. The molecule has 0 saturated carbocycles. The van der Waals surface area contributed by atoms with E-state index in [1.54, 1.807) is 23.6 Å². The van der Waals surface area contributed by atoms with E-state index in [9.17, 15) is 0 Å². The van der Waals surface area contributed by atoms with Crippen LogP contribution in [-0.4, -0.2) is 32.3 Å². The molecule has 3 aromatic heterocycles. The van der Waals surface area contributed by atoms with Gasteiger partial charge in [0.05, 0.1) is 22.5 Å². The molecule has 3 heterocycles. The number of rotatable bonds is 5. The van der Waals surface area contributed by atoms with Gasteiger partial charge in [-0.1, -0.05) is 17.8 Å². The minimum absolute atomic E-state index is 0.383. The lowest BCUT2D eigenvalue weighted by atomic mass is 9.98. The van der Waals surface area contributed by atoms with Gasteiger partial charge in [-0.05, 0) is 38.3 Å². The normalized spacial score (nSPS) is 14.8. The molecule has 0 aromatic carbocycles. The van der Waals surface area contributed by atoms with Crippen LogP contribution in [0.2, 0.25) is 0 Å². The molecule has 1 aliphatic rings. The molecule has 0 N–H and O–H groups in total. The molecule has 0 unspecified atom stereocenters. The quantitative estimate of drug-likeness (QED) is 0.378. The van der Waals surface area contributed by atoms with E-state index in [1.165, 1.54) is 0 Å². The van der Waals surface area contributed by atoms with Crippen molar-refractivity contribution in [1.82, 2.24) is 19.9 Å². The standard InChI is InChI=1S/C20H19N5OS/c1-3-10-26-25-16-8-4-7-15-18(16)24-17(12-22-15)19-13(2)23-20(27-19)14-6-5-9-21-11-14/h3,5-6,9,11-12H,1,4,7-8,10H2,2H3/b25-16+. The number of aromatic nitrogens is 4. The fraction of sp³-hybridized carbons (Fsp3) is 0.250. The Kier molecular flexibility index (Phi) is 5.02. The monoisotopic (exact) mass is 377 g/mol. The SMILES string of the molecule is C=CCO/N=C1\CCCc2ncc(-c3sc(-c4cccnc4)nc3C)nc21. The zero-order valence-electron chi connectivity index (χ0n) is 15.1. The van der Waals surface area contributed by atoms with Gasteiger partial charge in [0, 0.05) is 18.0 Å². The fourth-order valence-corrected chi connectivity index (χ4v) is 3.99. The van der Waals surface area contributed by atoms with Gasteiger partial charge >= 0.3 is 0 Å². The van der Waals surface area contributed by atoms with E-state index in [-0.39, 0.29) is 0 Å². The number of oxime groups is 1. The van der Waals surface area contributed by atoms with E-state index >= 15 is 0 Å². The average molecular weight is 377 g/mol. The van der Waals surface area contributed by atoms with Crippen molar-refractivity contribution in [3.63, 3.8) is 0 Å². The highest BCUT2D eigenvalue weighted by molar-refractivity contribution is 7.18. The minimum atomic E-state index is 0.383. The molecule has 0 aliphatic heterocycles. The molecule has 0 amide bonds. The van der Waals surface area contributed by atoms with Gasteiger partial charge in [0.15, 0.2) is 0 Å². The fourth-order valence-electron chi connectivity index (χ4n) is 2.98. The highest BCUT2D eigenvalue weighted by atomic mass is 32.1. The van der Waals surface area contributed by atoms with Gasteiger partial charge in [-0.25, -0.2) is 9.97 Å². The summed E-state index contributed by atoms with van der Waals surface area (Å²) in [5, 5.41) is 5.18. The third kappa shape index (κ3) is 3.64. The van der Waals surface area contributed by atoms with Crippen LogP contribution in [0.5, 0.6) is 0 Å². The first-order valence-electron chi connectivity index (χ1n) is 8.80. The Morgan fingerprint density at radius 2 is 2.22 bits per heavy atom. The average Bonchev–Trinajstić information content (AvgIpc) is 3.10. The van der Waals surface area contributed by atoms with Crippen LogP contribution in [0, 0.1) is 6.92 Å². The van der Waals surface area contributed by atoms with Crippen molar-refractivity contribution in [2.45, 2.75) is 26.2 Å². The first-order chi connectivity index (χ1) is 13.3. The highest BCUT2D eigenvalue weighted by Crippen LogP contribution is 2.34. The van der Waals surface area contributed by atoms with Gasteiger partial charge in [-0.15, -0.1) is 11.3 Å². The molecular weight excluding hydrogens is 358 g/mol. The summed E-state index contributed by atoms with van der Waals surface area (Å²) in [6.07, 6.45) is 9.84. The lowest BCUT2D eigenvalue weighted by molar-refractivity contribution is 0.174. The molecule has 1 aliphatic carbocycles. The second-order valence-electron chi connectivity index (χ2n) is 6.20. The predicted octanol–water partition coefficient (Wildman–Crippen LogP) is 4.21. The van der Waals surface area contributed by atoms with Crippen LogP contribution >= 0.6 is 11.3 Å². The number of nitrogens with zero attached hydrogens (tertiary/aromatic N) is 5. The van der Waals surface area contributed by atoms with Crippen LogP contribution in [0.4, 0.5) is 0 Å². The Morgan fingerprint density at radius 3 is 3.04 bits per heavy atom. The first kappa shape index (κ1) is 17.5. The summed E-state index contributed by atoms with van der Waals surface area (Å²) in [4.78, 5) is 24.7. The molecule has 0 atom stereocenters. The Hall–Kier alpha value is -2.93. The van der Waals surface area contributed by atoms with E-state index in [2.05, 4.69) is 21.7 Å². The summed E-state index contributed by atoms with van der Waals surface area (Å²) in [6.45, 7) is 6.02. The van der Waals surface area contributed by atoms with Crippen molar-refractivity contribution in [3.05, 3.63) is 60.5 Å². The summed E-state index contributed by atoms with van der Waals surface area (Å²) in [5.74, 6) is 0. The number of aryl methyl sites for hydroxylation is 2. The molecule has 6 nitrogen and oxygen atoms in total. The zero-order chi connectivity index (χ0) is 18.6. The lowest BCUT2D eigenvalue weighted by Crippen LogP contribution is -2.16. The lowest BCUT2D eigenvalue weighted by Gasteiger charge is -2.16. The first-order valence-corrected chi connectivity index (χ1v) is 9.62. The van der Waals surface area contributed by atoms with Crippen LogP contribution in [0.3, 0.4) is 0 Å². The Morgan fingerprint density at radius 1 is 1.30 bits per heavy atom. The number of hydrogen-bond donors (Lipinski definition) is 0. The minimum Gasteiger partial charge on any atom is -0.391 e. The predicted molar refractivity (Wildman–Crippen MR) is 107 cm³/mol. The van der Waals surface area contributed by atoms with Gasteiger partial charge in [0.2, 0.25) is 0 Å². The largest absolute Gasteiger partial charge is 0.391 e. The van der Waals surface area contributed by atoms with Gasteiger partial charge < -0.3 is 4.84 Å². The Labute approximate surface area is 161 Å². The second-order valence-corrected chi connectivity index (χ2v) is 7.20. The van der Waals surface area contributed by atoms with Crippen molar-refractivity contribution >= 4 is 17.0 Å². The number of thiazole rings is 1. The topological polar surface area (TPSA) is 73.2 Å². The summed E-state index contributed by atoms with van der Waals surface area (Å²) in [5.41, 5.74) is 5.41. The molecule has 4 rings (SSSR count). The van der Waals surface area contributed by atoms with Crippen molar-refractivity contribution in [1.29, 1.82) is 0 Å². The molecule has 7 heteroatoms. The second kappa shape index (κ2) is 7.75. The number of fused-ring (bicyclic) bond motifs is 1. The van der Waals surface area contributed by atoms with Crippen LogP contribution in [-0.2, 0) is 11.3 Å². The van der Waals surface area contributed by atoms with Crippen molar-refractivity contribution in [2.24, 2.45) is 5.16 Å². The summed E-state index contributed by atoms with van der Waals surface area (Å²) in [7, 11) is 0. The smallest absolute Gasteiger partial charge is 0.135 e. The van der Waals surface area contributed by atoms with Gasteiger partial charge in [-0.2, -0.15) is 0 Å². The maximum atomic E-state index is 5.30. The Bertz CT molecular complexity index is 997. The number of pyridine rings is 1. The van der Waals surface area contributed by atoms with Crippen LogP contribution < -0.4 is 0 Å². The van der Waals surface area contributed by atoms with E-state index < -0.39 is 0 Å². The summed E-state index contributed by atoms with van der Waals surface area (Å²) >= 11 is 1.60. The van der Waals surface area contributed by atoms with Gasteiger partial charge in [0.25, 0.3) is 0 Å². The van der Waals surface area contributed by atoms with Crippen molar-refractivity contribution in [2.75, 3.05) is 6.61 Å². The van der Waals surface area contributed by atoms with Gasteiger partial charge in [-0.3, -0.25) is 9.97 Å². The summed E-state index contributed by atoms with van der Waals surface area (Å²) in [6, 6.07) is 3.92. The third-order valence-corrected chi connectivity index (χ3v) is 5.48. The molecule has 0 saturated heterocycles. The molecule has 3 aromatic rings. The molecule has 0 radical (unpaired) electrons. The maximum absolute atomic E-state index is 5.30. The molecule has 27 heavy (non-hydrogen) atoms. The molecule has 0 fully saturated rings. The van der Waals surface area contributed by atoms with E-state index in [1.807, 2.05) is 31.5 Å². The molecule has 0 spiro atoms. The molecular formula is C20H19N5OS. The van der Waals surface area contributed by atoms with Crippen molar-refractivity contribution < 1.29 is 4.84 Å². The van der Waals surface area contributed by atoms with E-state index in [0.29, 0.717) is 6.61 Å². The maximum Gasteiger partial charge on any atom is 0.135 e. The van der Waals surface area contributed by atoms with Crippen LogP contribution in [0.15, 0.2) is 48.5 Å². The zero-order valence-corrected chi connectivity index (χ0v) is 15.9. The Balaban J connectivity index is 1.72. The summed E-state index contributed by atoms with van der Waals surface area (Å²) < 4.78 is 0. The van der Waals surface area contributed by atoms with E-state index in [4.69, 9.17) is 14.8 Å². The van der Waals surface area contributed by atoms with E-state index in [0.717, 1.165) is 63.2 Å². The highest BCUT2D eigenvalue weighted by Gasteiger charge is 2.21.